The molecule has 0 fully saturated rings. The second-order valence-corrected chi connectivity index (χ2v) is 8.76. The van der Waals surface area contributed by atoms with Gasteiger partial charge in [-0.05, 0) is 67.4 Å². The molecule has 1 amide bonds. The predicted molar refractivity (Wildman–Crippen MR) is 117 cm³/mol. The molecule has 3 rings (SSSR count). The van der Waals surface area contributed by atoms with Crippen molar-refractivity contribution < 1.29 is 17.6 Å². The fourth-order valence-electron chi connectivity index (χ4n) is 2.91. The molecule has 0 aliphatic heterocycles. The molecule has 3 aromatic carbocycles. The van der Waals surface area contributed by atoms with Gasteiger partial charge in [0.2, 0.25) is 5.91 Å². The predicted octanol–water partition coefficient (Wildman–Crippen LogP) is 4.53. The average Bonchev–Trinajstić information content (AvgIpc) is 2.73. The third-order valence-corrected chi connectivity index (χ3v) is 6.44. The second-order valence-electron chi connectivity index (χ2n) is 6.90. The lowest BCUT2D eigenvalue weighted by atomic mass is 10.1. The SMILES string of the molecule is CCc1ccc(NC(=O)CN(c2ccc(F)cc2)S(=O)(=O)c2ccc(C)cc2)cc1. The molecule has 0 saturated carbocycles. The van der Waals surface area contributed by atoms with Gasteiger partial charge in [-0.25, -0.2) is 12.8 Å². The summed E-state index contributed by atoms with van der Waals surface area (Å²) in [6.07, 6.45) is 0.876. The Morgan fingerprint density at radius 2 is 1.53 bits per heavy atom. The Morgan fingerprint density at radius 1 is 0.933 bits per heavy atom. The number of anilines is 2. The quantitative estimate of drug-likeness (QED) is 0.604. The number of rotatable bonds is 7. The number of nitrogens with zero attached hydrogens (tertiary/aromatic N) is 1. The molecule has 0 aromatic heterocycles. The van der Waals surface area contributed by atoms with Gasteiger partial charge in [0.1, 0.15) is 12.4 Å². The van der Waals surface area contributed by atoms with E-state index in [9.17, 15) is 17.6 Å². The smallest absolute Gasteiger partial charge is 0.264 e. The largest absolute Gasteiger partial charge is 0.325 e. The Morgan fingerprint density at radius 3 is 2.10 bits per heavy atom. The summed E-state index contributed by atoms with van der Waals surface area (Å²) >= 11 is 0. The van der Waals surface area contributed by atoms with E-state index in [2.05, 4.69) is 5.32 Å². The highest BCUT2D eigenvalue weighted by atomic mass is 32.2. The summed E-state index contributed by atoms with van der Waals surface area (Å²) in [5, 5.41) is 2.72. The van der Waals surface area contributed by atoms with Gasteiger partial charge in [0.25, 0.3) is 10.0 Å². The molecule has 0 unspecified atom stereocenters. The van der Waals surface area contributed by atoms with Crippen LogP contribution in [0.5, 0.6) is 0 Å². The van der Waals surface area contributed by atoms with Gasteiger partial charge in [-0.2, -0.15) is 0 Å². The minimum absolute atomic E-state index is 0.0533. The van der Waals surface area contributed by atoms with E-state index in [0.29, 0.717) is 5.69 Å². The highest BCUT2D eigenvalue weighted by molar-refractivity contribution is 7.92. The Hall–Kier alpha value is -3.19. The molecular weight excluding hydrogens is 403 g/mol. The third kappa shape index (κ3) is 5.04. The van der Waals surface area contributed by atoms with Crippen LogP contribution < -0.4 is 9.62 Å². The summed E-state index contributed by atoms with van der Waals surface area (Å²) in [6, 6.07) is 18.7. The van der Waals surface area contributed by atoms with Crippen molar-refractivity contribution in [2.75, 3.05) is 16.2 Å². The molecule has 156 valence electrons. The lowest BCUT2D eigenvalue weighted by Gasteiger charge is -2.24. The lowest BCUT2D eigenvalue weighted by molar-refractivity contribution is -0.114. The highest BCUT2D eigenvalue weighted by Gasteiger charge is 2.27. The average molecular weight is 427 g/mol. The number of amides is 1. The number of hydrogen-bond donors (Lipinski definition) is 1. The number of halogens is 1. The van der Waals surface area contributed by atoms with Crippen molar-refractivity contribution in [3.8, 4) is 0 Å². The lowest BCUT2D eigenvalue weighted by Crippen LogP contribution is -2.38. The topological polar surface area (TPSA) is 66.5 Å². The molecule has 3 aromatic rings. The molecule has 1 N–H and O–H groups in total. The van der Waals surface area contributed by atoms with E-state index in [-0.39, 0.29) is 10.6 Å². The van der Waals surface area contributed by atoms with E-state index < -0.39 is 28.3 Å². The molecular formula is C23H23FN2O3S. The maximum atomic E-state index is 13.4. The van der Waals surface area contributed by atoms with Crippen molar-refractivity contribution >= 4 is 27.3 Å². The molecule has 0 saturated heterocycles. The van der Waals surface area contributed by atoms with Crippen LogP contribution in [0.25, 0.3) is 0 Å². The molecule has 7 heteroatoms. The zero-order valence-corrected chi connectivity index (χ0v) is 17.6. The van der Waals surface area contributed by atoms with E-state index in [0.717, 1.165) is 34.0 Å². The first-order chi connectivity index (χ1) is 14.3. The normalized spacial score (nSPS) is 11.2. The van der Waals surface area contributed by atoms with Crippen LogP contribution in [0.2, 0.25) is 0 Å². The maximum Gasteiger partial charge on any atom is 0.264 e. The van der Waals surface area contributed by atoms with Crippen LogP contribution in [0.15, 0.2) is 77.7 Å². The molecule has 0 atom stereocenters. The van der Waals surface area contributed by atoms with Crippen LogP contribution in [0.4, 0.5) is 15.8 Å². The number of aryl methyl sites for hydroxylation is 2. The Bertz CT molecular complexity index is 1110. The standard InChI is InChI=1S/C23H23FN2O3S/c1-3-18-6-10-20(11-7-18)25-23(27)16-26(21-12-8-19(24)9-13-21)30(28,29)22-14-4-17(2)5-15-22/h4-15H,3,16H2,1-2H3,(H,25,27). The van der Waals surface area contributed by atoms with Crippen molar-refractivity contribution in [1.82, 2.24) is 0 Å². The molecule has 0 aliphatic rings. The second kappa shape index (κ2) is 9.09. The highest BCUT2D eigenvalue weighted by Crippen LogP contribution is 2.24. The van der Waals surface area contributed by atoms with Crippen LogP contribution in [0.1, 0.15) is 18.1 Å². The number of sulfonamides is 1. The first kappa shape index (κ1) is 21.5. The monoisotopic (exact) mass is 426 g/mol. The summed E-state index contributed by atoms with van der Waals surface area (Å²) < 4.78 is 40.9. The van der Waals surface area contributed by atoms with Crippen molar-refractivity contribution in [2.45, 2.75) is 25.2 Å². The molecule has 0 aliphatic carbocycles. The minimum Gasteiger partial charge on any atom is -0.325 e. The van der Waals surface area contributed by atoms with Crippen LogP contribution in [-0.4, -0.2) is 20.9 Å². The molecule has 0 heterocycles. The van der Waals surface area contributed by atoms with E-state index in [4.69, 9.17) is 0 Å². The van der Waals surface area contributed by atoms with Gasteiger partial charge in [0.05, 0.1) is 10.6 Å². The number of carbonyl (C=O) groups is 1. The molecule has 0 radical (unpaired) electrons. The summed E-state index contributed by atoms with van der Waals surface area (Å²) in [5.41, 5.74) is 2.82. The van der Waals surface area contributed by atoms with E-state index in [1.54, 1.807) is 24.3 Å². The first-order valence-corrected chi connectivity index (χ1v) is 11.0. The molecule has 0 bridgehead atoms. The van der Waals surface area contributed by atoms with E-state index in [1.807, 2.05) is 26.0 Å². The number of carbonyl (C=O) groups excluding carboxylic acids is 1. The van der Waals surface area contributed by atoms with Crippen molar-refractivity contribution in [1.29, 1.82) is 0 Å². The summed E-state index contributed by atoms with van der Waals surface area (Å²) in [5.74, 6) is -0.994. The Balaban J connectivity index is 1.90. The fraction of sp³-hybridized carbons (Fsp3) is 0.174. The number of hydrogen-bond acceptors (Lipinski definition) is 3. The van der Waals surface area contributed by atoms with Crippen molar-refractivity contribution in [2.24, 2.45) is 0 Å². The number of benzene rings is 3. The molecule has 0 spiro atoms. The van der Waals surface area contributed by atoms with E-state index >= 15 is 0 Å². The Labute approximate surface area is 176 Å². The van der Waals surface area contributed by atoms with Gasteiger partial charge in [0, 0.05) is 5.69 Å². The summed E-state index contributed by atoms with van der Waals surface area (Å²) in [6.45, 7) is 3.44. The first-order valence-electron chi connectivity index (χ1n) is 9.53. The maximum absolute atomic E-state index is 13.4. The van der Waals surface area contributed by atoms with Gasteiger partial charge in [-0.15, -0.1) is 0 Å². The third-order valence-electron chi connectivity index (χ3n) is 4.66. The van der Waals surface area contributed by atoms with Crippen LogP contribution in [0.3, 0.4) is 0 Å². The number of nitrogens with one attached hydrogen (secondary N) is 1. The van der Waals surface area contributed by atoms with Gasteiger partial charge in [-0.1, -0.05) is 36.8 Å². The van der Waals surface area contributed by atoms with Crippen LogP contribution in [0, 0.1) is 12.7 Å². The minimum atomic E-state index is -4.03. The Kier molecular flexibility index (Phi) is 6.52. The van der Waals surface area contributed by atoms with Gasteiger partial charge in [-0.3, -0.25) is 9.10 Å². The van der Waals surface area contributed by atoms with Crippen LogP contribution in [-0.2, 0) is 21.2 Å². The zero-order valence-electron chi connectivity index (χ0n) is 16.8. The zero-order chi connectivity index (χ0) is 21.7. The van der Waals surface area contributed by atoms with Gasteiger partial charge >= 0.3 is 0 Å². The fourth-order valence-corrected chi connectivity index (χ4v) is 4.34. The van der Waals surface area contributed by atoms with Gasteiger partial charge < -0.3 is 5.32 Å². The van der Waals surface area contributed by atoms with Crippen molar-refractivity contribution in [3.63, 3.8) is 0 Å². The van der Waals surface area contributed by atoms with E-state index in [1.165, 1.54) is 24.3 Å². The van der Waals surface area contributed by atoms with Crippen LogP contribution >= 0.6 is 0 Å². The molecule has 5 nitrogen and oxygen atoms in total. The summed E-state index contributed by atoms with van der Waals surface area (Å²) in [7, 11) is -4.03. The van der Waals surface area contributed by atoms with Gasteiger partial charge in [0.15, 0.2) is 0 Å². The van der Waals surface area contributed by atoms with Crippen molar-refractivity contribution in [3.05, 3.63) is 89.7 Å². The summed E-state index contributed by atoms with van der Waals surface area (Å²) in [4.78, 5) is 12.7. The molecule has 30 heavy (non-hydrogen) atoms.